The fourth-order valence-corrected chi connectivity index (χ4v) is 8.68. The molecule has 0 aliphatic heterocycles. The minimum atomic E-state index is -0.222. The van der Waals surface area contributed by atoms with E-state index in [1.54, 1.807) is 22.0 Å². The van der Waals surface area contributed by atoms with Crippen molar-refractivity contribution in [3.05, 3.63) is 12.7 Å². The van der Waals surface area contributed by atoms with Crippen LogP contribution in [0.5, 0.6) is 0 Å². The van der Waals surface area contributed by atoms with Crippen LogP contribution in [0.3, 0.4) is 0 Å². The van der Waals surface area contributed by atoms with E-state index in [0.717, 1.165) is 83.5 Å². The van der Waals surface area contributed by atoms with Crippen molar-refractivity contribution >= 4 is 23.5 Å². The quantitative estimate of drug-likeness (QED) is 0.298. The molecule has 14 heteroatoms. The third-order valence-corrected chi connectivity index (χ3v) is 12.0. The van der Waals surface area contributed by atoms with Crippen molar-refractivity contribution in [1.29, 1.82) is 0 Å². The van der Waals surface area contributed by atoms with Crippen LogP contribution in [0.1, 0.15) is 130 Å². The molecule has 4 aliphatic rings. The number of carbonyl (C=O) groups excluding carboxylic acids is 4. The summed E-state index contributed by atoms with van der Waals surface area (Å²) in [5.74, 6) is 1.69. The van der Waals surface area contributed by atoms with Gasteiger partial charge in [0.2, 0.25) is 0 Å². The number of nitrogens with zero attached hydrogens (tertiary/aromatic N) is 8. The summed E-state index contributed by atoms with van der Waals surface area (Å²) in [6.07, 6.45) is 16.0. The van der Waals surface area contributed by atoms with Crippen molar-refractivity contribution in [2.45, 2.75) is 130 Å². The fourth-order valence-electron chi connectivity index (χ4n) is 8.68. The summed E-state index contributed by atoms with van der Waals surface area (Å²) in [6.45, 7) is 8.59. The molecule has 6 unspecified atom stereocenters. The van der Waals surface area contributed by atoms with Gasteiger partial charge in [0.15, 0.2) is 11.6 Å². The van der Waals surface area contributed by atoms with Gasteiger partial charge in [0.25, 0.3) is 0 Å². The molecule has 2 aromatic heterocycles. The van der Waals surface area contributed by atoms with Crippen LogP contribution < -0.4 is 0 Å². The van der Waals surface area contributed by atoms with Crippen LogP contribution in [-0.4, -0.2) is 77.1 Å². The lowest BCUT2D eigenvalue weighted by molar-refractivity contribution is -0.155. The first kappa shape index (κ1) is 37.7. The first-order valence-corrected chi connectivity index (χ1v) is 18.9. The Hall–Kier alpha value is -3.58. The lowest BCUT2D eigenvalue weighted by atomic mass is 9.74. The van der Waals surface area contributed by atoms with Gasteiger partial charge >= 0.3 is 11.9 Å². The average Bonchev–Trinajstić information content (AvgIpc) is 3.87. The Balaban J connectivity index is 0.000000194. The Kier molecular flexibility index (Phi) is 13.6. The summed E-state index contributed by atoms with van der Waals surface area (Å²) in [6, 6.07) is 0.510. The van der Waals surface area contributed by atoms with Crippen LogP contribution in [-0.2, 0) is 28.7 Å². The molecule has 4 saturated carbocycles. The zero-order chi connectivity index (χ0) is 35.6. The Bertz CT molecular complexity index is 1370. The van der Waals surface area contributed by atoms with Gasteiger partial charge in [-0.15, -0.1) is 10.2 Å². The average molecular weight is 697 g/mol. The van der Waals surface area contributed by atoms with Gasteiger partial charge in [-0.05, 0) is 122 Å². The topological polar surface area (TPSA) is 174 Å². The van der Waals surface area contributed by atoms with E-state index < -0.39 is 0 Å². The minimum absolute atomic E-state index is 0.0482. The number of ether oxygens (including phenoxy) is 2. The number of hydrogen-bond donors (Lipinski definition) is 0. The normalized spacial score (nSPS) is 33.0. The highest BCUT2D eigenvalue weighted by atomic mass is 16.5. The molecule has 0 spiro atoms. The highest BCUT2D eigenvalue weighted by Crippen LogP contribution is 2.36. The highest BCUT2D eigenvalue weighted by molar-refractivity contribution is 5.85. The van der Waals surface area contributed by atoms with E-state index in [4.69, 9.17) is 9.47 Å². The van der Waals surface area contributed by atoms with E-state index in [-0.39, 0.29) is 72.5 Å². The molecule has 0 bridgehead atoms. The molecular formula is C36H56N8O6. The van der Waals surface area contributed by atoms with Gasteiger partial charge in [-0.25, -0.2) is 9.36 Å². The van der Waals surface area contributed by atoms with E-state index in [2.05, 4.69) is 58.7 Å². The standard InChI is InChI=1S/2C18H28N4O3/c1-12-3-8-16(13(2)9-12)17(23)10-25-18(24)14-4-6-15(7-5-14)22-11-19-20-21-22;1-12-3-4-13(2)16(9-12)17(23)10-25-18(24)14-5-7-15(8-6-14)22-11-19-20-21-22/h2*11-16H,3-10H2,1-2H3. The molecule has 0 N–H and O–H groups in total. The number of esters is 2. The number of carbonyl (C=O) groups is 4. The molecule has 6 atom stereocenters. The number of aromatic nitrogens is 8. The van der Waals surface area contributed by atoms with Gasteiger partial charge in [-0.3, -0.25) is 19.2 Å². The van der Waals surface area contributed by atoms with E-state index in [0.29, 0.717) is 23.7 Å². The summed E-state index contributed by atoms with van der Waals surface area (Å²) in [5.41, 5.74) is 0. The summed E-state index contributed by atoms with van der Waals surface area (Å²) in [5, 5.41) is 22.5. The number of tetrazole rings is 2. The molecule has 0 amide bonds. The molecule has 0 aromatic carbocycles. The van der Waals surface area contributed by atoms with Crippen LogP contribution in [0.2, 0.25) is 0 Å². The van der Waals surface area contributed by atoms with Crippen LogP contribution in [0.4, 0.5) is 0 Å². The molecule has 6 rings (SSSR count). The SMILES string of the molecule is CC1CCC(C(=O)COC(=O)C2CCC(n3cnnn3)CC2)C(C)C1.CC1CCC(C)C(C(=O)COC(=O)C2CCC(n3cnnn3)CC2)C1. The lowest BCUT2D eigenvalue weighted by Crippen LogP contribution is -2.33. The van der Waals surface area contributed by atoms with Crippen molar-refractivity contribution in [2.24, 2.45) is 47.3 Å². The highest BCUT2D eigenvalue weighted by Gasteiger charge is 2.35. The second-order valence-corrected chi connectivity index (χ2v) is 15.7. The van der Waals surface area contributed by atoms with Crippen molar-refractivity contribution < 1.29 is 28.7 Å². The first-order valence-electron chi connectivity index (χ1n) is 18.9. The molecule has 14 nitrogen and oxygen atoms in total. The maximum absolute atomic E-state index is 12.4. The second kappa shape index (κ2) is 18.1. The fraction of sp³-hybridized carbons (Fsp3) is 0.833. The molecular weight excluding hydrogens is 640 g/mol. The van der Waals surface area contributed by atoms with Crippen molar-refractivity contribution in [3.63, 3.8) is 0 Å². The predicted octanol–water partition coefficient (Wildman–Crippen LogP) is 5.18. The molecule has 50 heavy (non-hydrogen) atoms. The Morgan fingerprint density at radius 1 is 0.560 bits per heavy atom. The molecule has 2 aromatic rings. The Morgan fingerprint density at radius 2 is 1.02 bits per heavy atom. The van der Waals surface area contributed by atoms with Crippen molar-refractivity contribution in [1.82, 2.24) is 40.4 Å². The van der Waals surface area contributed by atoms with Crippen molar-refractivity contribution in [3.8, 4) is 0 Å². The maximum Gasteiger partial charge on any atom is 0.309 e. The van der Waals surface area contributed by atoms with E-state index in [1.165, 1.54) is 6.42 Å². The smallest absolute Gasteiger partial charge is 0.309 e. The van der Waals surface area contributed by atoms with Gasteiger partial charge in [-0.2, -0.15) is 0 Å². The van der Waals surface area contributed by atoms with E-state index >= 15 is 0 Å². The van der Waals surface area contributed by atoms with Gasteiger partial charge in [-0.1, -0.05) is 40.5 Å². The van der Waals surface area contributed by atoms with Gasteiger partial charge < -0.3 is 9.47 Å². The molecule has 0 saturated heterocycles. The maximum atomic E-state index is 12.4. The first-order chi connectivity index (χ1) is 24.1. The zero-order valence-corrected chi connectivity index (χ0v) is 30.3. The molecule has 4 fully saturated rings. The van der Waals surface area contributed by atoms with E-state index in [9.17, 15) is 19.2 Å². The largest absolute Gasteiger partial charge is 0.457 e. The Morgan fingerprint density at radius 3 is 1.48 bits per heavy atom. The van der Waals surface area contributed by atoms with Crippen LogP contribution in [0, 0.1) is 47.3 Å². The molecule has 0 radical (unpaired) electrons. The summed E-state index contributed by atoms with van der Waals surface area (Å²) in [7, 11) is 0. The third kappa shape index (κ3) is 10.2. The Labute approximate surface area is 295 Å². The minimum Gasteiger partial charge on any atom is -0.457 e. The molecule has 2 heterocycles. The van der Waals surface area contributed by atoms with Crippen LogP contribution >= 0.6 is 0 Å². The summed E-state index contributed by atoms with van der Waals surface area (Å²) >= 11 is 0. The second-order valence-electron chi connectivity index (χ2n) is 15.7. The van der Waals surface area contributed by atoms with E-state index in [1.807, 2.05) is 0 Å². The van der Waals surface area contributed by atoms with Crippen LogP contribution in [0.15, 0.2) is 12.7 Å². The van der Waals surface area contributed by atoms with Crippen LogP contribution in [0.25, 0.3) is 0 Å². The number of ketones is 2. The predicted molar refractivity (Wildman–Crippen MR) is 181 cm³/mol. The third-order valence-electron chi connectivity index (χ3n) is 12.0. The summed E-state index contributed by atoms with van der Waals surface area (Å²) in [4.78, 5) is 49.4. The monoisotopic (exact) mass is 696 g/mol. The number of hydrogen-bond acceptors (Lipinski definition) is 12. The van der Waals surface area contributed by atoms with Gasteiger partial charge in [0.05, 0.1) is 23.9 Å². The number of rotatable bonds is 10. The van der Waals surface area contributed by atoms with Crippen molar-refractivity contribution in [2.75, 3.05) is 13.2 Å². The van der Waals surface area contributed by atoms with Gasteiger partial charge in [0.1, 0.15) is 25.9 Å². The number of Topliss-reactive ketones (excluding diaryl/α,β-unsaturated/α-hetero) is 2. The summed E-state index contributed by atoms with van der Waals surface area (Å²) < 4.78 is 14.3. The molecule has 4 aliphatic carbocycles. The lowest BCUT2D eigenvalue weighted by Gasteiger charge is -2.31. The molecule has 276 valence electrons. The zero-order valence-electron chi connectivity index (χ0n) is 30.3. The van der Waals surface area contributed by atoms with Gasteiger partial charge in [0, 0.05) is 11.8 Å².